The summed E-state index contributed by atoms with van der Waals surface area (Å²) in [7, 11) is -3.43. The molecule has 0 aliphatic rings. The van der Waals surface area contributed by atoms with Crippen molar-refractivity contribution in [1.82, 2.24) is 14.9 Å². The minimum Gasteiger partial charge on any atom is -0.352 e. The van der Waals surface area contributed by atoms with Crippen molar-refractivity contribution in [3.8, 4) is 0 Å². The normalized spacial score (nSPS) is 11.1. The predicted octanol–water partition coefficient (Wildman–Crippen LogP) is 1.07. The van der Waals surface area contributed by atoms with E-state index in [4.69, 9.17) is 0 Å². The highest BCUT2D eigenvalue weighted by Crippen LogP contribution is 2.16. The van der Waals surface area contributed by atoms with Crippen LogP contribution < -0.4 is 10.0 Å². The number of hydrogen-bond acceptors (Lipinski definition) is 4. The van der Waals surface area contributed by atoms with Crippen molar-refractivity contribution in [2.24, 2.45) is 0 Å². The Labute approximate surface area is 129 Å². The first-order chi connectivity index (χ1) is 10.5. The minimum atomic E-state index is -3.43. The van der Waals surface area contributed by atoms with E-state index >= 15 is 0 Å². The van der Waals surface area contributed by atoms with Crippen LogP contribution in [0, 0.1) is 0 Å². The van der Waals surface area contributed by atoms with Crippen LogP contribution in [-0.2, 0) is 16.6 Å². The summed E-state index contributed by atoms with van der Waals surface area (Å²) < 4.78 is 26.9. The minimum absolute atomic E-state index is 0.275. The van der Waals surface area contributed by atoms with Crippen molar-refractivity contribution in [1.29, 1.82) is 0 Å². The average molecular weight is 322 g/mol. The molecule has 1 heterocycles. The fraction of sp³-hybridized carbons (Fsp3) is 0.286. The number of aromatic nitrogens is 2. The molecule has 7 nitrogen and oxygen atoms in total. The van der Waals surface area contributed by atoms with E-state index in [1.807, 2.05) is 10.8 Å². The third-order valence-electron chi connectivity index (χ3n) is 2.90. The van der Waals surface area contributed by atoms with Gasteiger partial charge < -0.3 is 9.88 Å². The first-order valence-corrected chi connectivity index (χ1v) is 8.65. The Balaban J connectivity index is 1.92. The number of nitrogens with zero attached hydrogens (tertiary/aromatic N) is 2. The van der Waals surface area contributed by atoms with Gasteiger partial charge in [0, 0.05) is 25.5 Å². The first kappa shape index (κ1) is 16.0. The summed E-state index contributed by atoms with van der Waals surface area (Å²) in [4.78, 5) is 16.1. The summed E-state index contributed by atoms with van der Waals surface area (Å²) in [6, 6.07) is 6.50. The number of hydrogen-bond donors (Lipinski definition) is 2. The molecule has 0 fully saturated rings. The monoisotopic (exact) mass is 322 g/mol. The molecule has 0 atom stereocenters. The molecule has 0 radical (unpaired) electrons. The zero-order valence-electron chi connectivity index (χ0n) is 12.2. The Kier molecular flexibility index (Phi) is 5.16. The topological polar surface area (TPSA) is 93.1 Å². The van der Waals surface area contributed by atoms with Gasteiger partial charge in [-0.25, -0.2) is 13.4 Å². The number of benzene rings is 1. The number of anilines is 1. The summed E-state index contributed by atoms with van der Waals surface area (Å²) in [5, 5.41) is 2.78. The van der Waals surface area contributed by atoms with E-state index in [0.717, 1.165) is 19.2 Å². The number of nitrogens with one attached hydrogen (secondary N) is 2. The Bertz CT molecular complexity index is 726. The van der Waals surface area contributed by atoms with Crippen molar-refractivity contribution in [2.75, 3.05) is 17.5 Å². The number of rotatable bonds is 7. The van der Waals surface area contributed by atoms with E-state index in [-0.39, 0.29) is 11.6 Å². The summed E-state index contributed by atoms with van der Waals surface area (Å²) >= 11 is 0. The van der Waals surface area contributed by atoms with Crippen LogP contribution in [0.25, 0.3) is 0 Å². The molecule has 0 saturated heterocycles. The van der Waals surface area contributed by atoms with E-state index in [1.165, 1.54) is 0 Å². The van der Waals surface area contributed by atoms with Crippen LogP contribution in [0.4, 0.5) is 5.69 Å². The number of carbonyl (C=O) groups is 1. The lowest BCUT2D eigenvalue weighted by Gasteiger charge is -2.11. The molecular formula is C14H18N4O3S. The molecule has 0 bridgehead atoms. The quantitative estimate of drug-likeness (QED) is 0.746. The van der Waals surface area contributed by atoms with Gasteiger partial charge in [0.1, 0.15) is 0 Å². The SMILES string of the molecule is CS(=O)(=O)Nc1ccccc1C(=O)NCCCn1ccnc1. The van der Waals surface area contributed by atoms with E-state index in [0.29, 0.717) is 12.1 Å². The molecule has 0 saturated carbocycles. The second-order valence-corrected chi connectivity index (χ2v) is 6.58. The fourth-order valence-electron chi connectivity index (χ4n) is 1.95. The van der Waals surface area contributed by atoms with Gasteiger partial charge in [-0.2, -0.15) is 0 Å². The van der Waals surface area contributed by atoms with Gasteiger partial charge >= 0.3 is 0 Å². The third kappa shape index (κ3) is 4.88. The van der Waals surface area contributed by atoms with Gasteiger partial charge in [-0.3, -0.25) is 9.52 Å². The van der Waals surface area contributed by atoms with Gasteiger partial charge in [-0.05, 0) is 18.6 Å². The van der Waals surface area contributed by atoms with Crippen LogP contribution in [0.2, 0.25) is 0 Å². The number of amides is 1. The number of para-hydroxylation sites is 1. The van der Waals surface area contributed by atoms with E-state index < -0.39 is 10.0 Å². The lowest BCUT2D eigenvalue weighted by atomic mass is 10.1. The lowest BCUT2D eigenvalue weighted by molar-refractivity contribution is 0.0953. The zero-order valence-corrected chi connectivity index (χ0v) is 13.0. The van der Waals surface area contributed by atoms with Crippen molar-refractivity contribution >= 4 is 21.6 Å². The highest BCUT2D eigenvalue weighted by Gasteiger charge is 2.12. The third-order valence-corrected chi connectivity index (χ3v) is 3.50. The van der Waals surface area contributed by atoms with E-state index in [2.05, 4.69) is 15.0 Å². The van der Waals surface area contributed by atoms with Crippen molar-refractivity contribution in [3.05, 3.63) is 48.5 Å². The summed E-state index contributed by atoms with van der Waals surface area (Å²) in [6.07, 6.45) is 7.07. The standard InChI is InChI=1S/C14H18N4O3S/c1-22(20,21)17-13-6-3-2-5-12(13)14(19)16-7-4-9-18-10-8-15-11-18/h2-3,5-6,8,10-11,17H,4,7,9H2,1H3,(H,16,19). The number of sulfonamides is 1. The second kappa shape index (κ2) is 7.08. The largest absolute Gasteiger partial charge is 0.352 e. The molecule has 0 spiro atoms. The molecule has 2 rings (SSSR count). The van der Waals surface area contributed by atoms with Gasteiger partial charge in [0.25, 0.3) is 5.91 Å². The Morgan fingerprint density at radius 1 is 1.32 bits per heavy atom. The first-order valence-electron chi connectivity index (χ1n) is 6.76. The number of imidazole rings is 1. The van der Waals surface area contributed by atoms with Crippen LogP contribution in [0.1, 0.15) is 16.8 Å². The van der Waals surface area contributed by atoms with E-state index in [9.17, 15) is 13.2 Å². The number of carbonyl (C=O) groups excluding carboxylic acids is 1. The van der Waals surface area contributed by atoms with Gasteiger partial charge in [0.2, 0.25) is 10.0 Å². The molecule has 2 aromatic rings. The van der Waals surface area contributed by atoms with Crippen LogP contribution in [0.3, 0.4) is 0 Å². The van der Waals surface area contributed by atoms with Crippen LogP contribution in [0.15, 0.2) is 43.0 Å². The fourth-order valence-corrected chi connectivity index (χ4v) is 2.53. The second-order valence-electron chi connectivity index (χ2n) is 4.83. The molecule has 1 aromatic heterocycles. The lowest BCUT2D eigenvalue weighted by Crippen LogP contribution is -2.26. The molecule has 1 aromatic carbocycles. The molecule has 2 N–H and O–H groups in total. The maximum absolute atomic E-state index is 12.1. The Morgan fingerprint density at radius 2 is 2.09 bits per heavy atom. The van der Waals surface area contributed by atoms with E-state index in [1.54, 1.807) is 36.8 Å². The maximum atomic E-state index is 12.1. The maximum Gasteiger partial charge on any atom is 0.253 e. The zero-order chi connectivity index (χ0) is 16.0. The average Bonchev–Trinajstić information content (AvgIpc) is 2.95. The molecular weight excluding hydrogens is 304 g/mol. The van der Waals surface area contributed by atoms with Gasteiger partial charge in [-0.1, -0.05) is 12.1 Å². The summed E-state index contributed by atoms with van der Waals surface area (Å²) in [6.45, 7) is 1.24. The smallest absolute Gasteiger partial charge is 0.253 e. The highest BCUT2D eigenvalue weighted by atomic mass is 32.2. The Hall–Kier alpha value is -2.35. The number of aryl methyl sites for hydroxylation is 1. The van der Waals surface area contributed by atoms with Gasteiger partial charge in [0.15, 0.2) is 0 Å². The molecule has 8 heteroatoms. The molecule has 0 aliphatic heterocycles. The van der Waals surface area contributed by atoms with Crippen molar-refractivity contribution < 1.29 is 13.2 Å². The molecule has 22 heavy (non-hydrogen) atoms. The van der Waals surface area contributed by atoms with Gasteiger partial charge in [-0.15, -0.1) is 0 Å². The highest BCUT2D eigenvalue weighted by molar-refractivity contribution is 7.92. The summed E-state index contributed by atoms with van der Waals surface area (Å²) in [5.41, 5.74) is 0.577. The molecule has 118 valence electrons. The molecule has 0 aliphatic carbocycles. The molecule has 1 amide bonds. The van der Waals surface area contributed by atoms with Crippen molar-refractivity contribution in [2.45, 2.75) is 13.0 Å². The van der Waals surface area contributed by atoms with Crippen molar-refractivity contribution in [3.63, 3.8) is 0 Å². The predicted molar refractivity (Wildman–Crippen MR) is 84.1 cm³/mol. The summed E-state index contributed by atoms with van der Waals surface area (Å²) in [5.74, 6) is -0.308. The Morgan fingerprint density at radius 3 is 2.77 bits per heavy atom. The van der Waals surface area contributed by atoms with Crippen LogP contribution in [-0.4, -0.2) is 36.7 Å². The van der Waals surface area contributed by atoms with Crippen LogP contribution >= 0.6 is 0 Å². The van der Waals surface area contributed by atoms with Gasteiger partial charge in [0.05, 0.1) is 23.8 Å². The van der Waals surface area contributed by atoms with Crippen LogP contribution in [0.5, 0.6) is 0 Å². The molecule has 0 unspecified atom stereocenters.